The second kappa shape index (κ2) is 6.70. The number of aryl methyl sites for hydroxylation is 2. The first-order valence-electron chi connectivity index (χ1n) is 7.82. The van der Waals surface area contributed by atoms with Gasteiger partial charge in [0.15, 0.2) is 25.5 Å². The Morgan fingerprint density at radius 1 is 1.29 bits per heavy atom. The van der Waals surface area contributed by atoms with Gasteiger partial charge in [0.05, 0.1) is 12.1 Å². The van der Waals surface area contributed by atoms with Crippen LogP contribution in [0.3, 0.4) is 0 Å². The average Bonchev–Trinajstić information content (AvgIpc) is 2.58. The second-order valence-electron chi connectivity index (χ2n) is 5.84. The number of hydrogen-bond acceptors (Lipinski definition) is 3. The number of likely N-dealkylation sites (N-methyl/N-ethyl adjacent to an activating group) is 1. The number of anilines is 2. The molecule has 1 aliphatic heterocycles. The van der Waals surface area contributed by atoms with Crippen LogP contribution in [0.5, 0.6) is 5.75 Å². The van der Waals surface area contributed by atoms with Crippen molar-refractivity contribution < 1.29 is 18.9 Å². The first-order valence-corrected chi connectivity index (χ1v) is 7.82. The molecule has 1 aromatic heterocycles. The van der Waals surface area contributed by atoms with E-state index in [9.17, 15) is 9.59 Å². The van der Waals surface area contributed by atoms with Crippen LogP contribution in [-0.2, 0) is 16.1 Å². The number of carbonyl (C=O) groups is 2. The standard InChI is InChI=1S/C18H19N3O3/c1-13-5-8-21(9-6-13)10-7-17(22)19-14-3-4-16-15(11-14)20(2)18(23)12-24-16/h3-6,8-9,11H,7,10,12H2,1-2H3/p+1. The SMILES string of the molecule is Cc1cc[n+](CCC(=O)Nc2ccc3c(c2)N(C)C(=O)CO3)cc1. The summed E-state index contributed by atoms with van der Waals surface area (Å²) in [4.78, 5) is 25.4. The number of rotatable bonds is 4. The van der Waals surface area contributed by atoms with Crippen molar-refractivity contribution in [3.8, 4) is 5.75 Å². The zero-order chi connectivity index (χ0) is 17.1. The predicted molar refractivity (Wildman–Crippen MR) is 90.0 cm³/mol. The van der Waals surface area contributed by atoms with E-state index in [1.165, 1.54) is 10.5 Å². The van der Waals surface area contributed by atoms with Gasteiger partial charge in [0.1, 0.15) is 5.75 Å². The van der Waals surface area contributed by atoms with Crippen LogP contribution >= 0.6 is 0 Å². The molecule has 1 aromatic carbocycles. The van der Waals surface area contributed by atoms with Crippen molar-refractivity contribution in [3.63, 3.8) is 0 Å². The van der Waals surface area contributed by atoms with Crippen molar-refractivity contribution in [2.24, 2.45) is 0 Å². The lowest BCUT2D eigenvalue weighted by Gasteiger charge is -2.26. The first kappa shape index (κ1) is 16.0. The summed E-state index contributed by atoms with van der Waals surface area (Å²) in [6.45, 7) is 2.68. The van der Waals surface area contributed by atoms with Gasteiger partial charge in [-0.15, -0.1) is 0 Å². The van der Waals surface area contributed by atoms with Gasteiger partial charge in [-0.1, -0.05) is 0 Å². The molecular formula is C18H20N3O3+. The quantitative estimate of drug-likeness (QED) is 0.869. The van der Waals surface area contributed by atoms with E-state index < -0.39 is 0 Å². The van der Waals surface area contributed by atoms with Crippen LogP contribution in [0.2, 0.25) is 0 Å². The Balaban J connectivity index is 1.62. The maximum Gasteiger partial charge on any atom is 0.264 e. The van der Waals surface area contributed by atoms with E-state index in [1.807, 2.05) is 36.0 Å². The molecule has 1 N–H and O–H groups in total. The summed E-state index contributed by atoms with van der Waals surface area (Å²) in [5.74, 6) is 0.459. The van der Waals surface area contributed by atoms with Crippen molar-refractivity contribution >= 4 is 23.2 Å². The molecule has 0 bridgehead atoms. The van der Waals surface area contributed by atoms with Crippen LogP contribution in [0.1, 0.15) is 12.0 Å². The molecule has 6 nitrogen and oxygen atoms in total. The van der Waals surface area contributed by atoms with Gasteiger partial charge >= 0.3 is 0 Å². The van der Waals surface area contributed by atoms with Crippen LogP contribution in [0, 0.1) is 6.92 Å². The van der Waals surface area contributed by atoms with E-state index in [-0.39, 0.29) is 18.4 Å². The van der Waals surface area contributed by atoms with Gasteiger partial charge < -0.3 is 15.0 Å². The van der Waals surface area contributed by atoms with Gasteiger partial charge in [-0.2, -0.15) is 0 Å². The summed E-state index contributed by atoms with van der Waals surface area (Å²) in [5.41, 5.74) is 2.50. The van der Waals surface area contributed by atoms with Crippen LogP contribution < -0.4 is 19.5 Å². The lowest BCUT2D eigenvalue weighted by atomic mass is 10.2. The molecule has 0 spiro atoms. The minimum absolute atomic E-state index is 0.0446. The summed E-state index contributed by atoms with van der Waals surface area (Å²) in [7, 11) is 1.70. The number of nitrogens with zero attached hydrogens (tertiary/aromatic N) is 2. The monoisotopic (exact) mass is 326 g/mol. The third-order valence-electron chi connectivity index (χ3n) is 3.98. The van der Waals surface area contributed by atoms with E-state index in [2.05, 4.69) is 5.32 Å². The molecular weight excluding hydrogens is 306 g/mol. The molecule has 2 aromatic rings. The largest absolute Gasteiger partial charge is 0.482 e. The van der Waals surface area contributed by atoms with Gasteiger partial charge in [0.25, 0.3) is 5.91 Å². The molecule has 2 amide bonds. The van der Waals surface area contributed by atoms with Gasteiger partial charge in [0.2, 0.25) is 5.91 Å². The van der Waals surface area contributed by atoms with E-state index in [0.29, 0.717) is 30.1 Å². The summed E-state index contributed by atoms with van der Waals surface area (Å²) in [5, 5.41) is 2.86. The molecule has 0 unspecified atom stereocenters. The summed E-state index contributed by atoms with van der Waals surface area (Å²) >= 11 is 0. The highest BCUT2D eigenvalue weighted by molar-refractivity contribution is 5.99. The maximum absolute atomic E-state index is 12.1. The van der Waals surface area contributed by atoms with E-state index in [0.717, 1.165) is 0 Å². The third kappa shape index (κ3) is 3.53. The summed E-state index contributed by atoms with van der Waals surface area (Å²) in [6, 6.07) is 9.31. The first-order chi connectivity index (χ1) is 11.5. The van der Waals surface area contributed by atoms with Crippen LogP contribution in [0.25, 0.3) is 0 Å². The Morgan fingerprint density at radius 3 is 2.79 bits per heavy atom. The number of fused-ring (bicyclic) bond motifs is 1. The molecule has 0 fully saturated rings. The predicted octanol–water partition coefficient (Wildman–Crippen LogP) is 1.67. The Kier molecular flexibility index (Phi) is 4.46. The van der Waals surface area contributed by atoms with Gasteiger partial charge in [-0.25, -0.2) is 4.57 Å². The zero-order valence-corrected chi connectivity index (χ0v) is 13.8. The number of ether oxygens (including phenoxy) is 1. The van der Waals surface area contributed by atoms with Gasteiger partial charge in [-0.3, -0.25) is 9.59 Å². The lowest BCUT2D eigenvalue weighted by Crippen LogP contribution is -2.35. The van der Waals surface area contributed by atoms with Crippen LogP contribution in [-0.4, -0.2) is 25.5 Å². The van der Waals surface area contributed by atoms with Crippen molar-refractivity contribution in [3.05, 3.63) is 48.3 Å². The summed E-state index contributed by atoms with van der Waals surface area (Å²) in [6.07, 6.45) is 4.29. The third-order valence-corrected chi connectivity index (χ3v) is 3.98. The minimum Gasteiger partial charge on any atom is -0.482 e. The van der Waals surface area contributed by atoms with Crippen molar-refractivity contribution in [1.29, 1.82) is 0 Å². The highest BCUT2D eigenvalue weighted by Crippen LogP contribution is 2.33. The smallest absolute Gasteiger partial charge is 0.264 e. The minimum atomic E-state index is -0.109. The number of carbonyl (C=O) groups excluding carboxylic acids is 2. The Morgan fingerprint density at radius 2 is 2.04 bits per heavy atom. The van der Waals surface area contributed by atoms with Gasteiger partial charge in [0, 0.05) is 24.9 Å². The Hall–Kier alpha value is -2.89. The van der Waals surface area contributed by atoms with Crippen LogP contribution in [0.4, 0.5) is 11.4 Å². The van der Waals surface area contributed by atoms with Crippen molar-refractivity contribution in [1.82, 2.24) is 0 Å². The molecule has 0 atom stereocenters. The molecule has 124 valence electrons. The van der Waals surface area contributed by atoms with Gasteiger partial charge in [-0.05, 0) is 30.7 Å². The molecule has 0 radical (unpaired) electrons. The molecule has 3 rings (SSSR count). The Bertz CT molecular complexity index is 772. The molecule has 0 aliphatic carbocycles. The second-order valence-corrected chi connectivity index (χ2v) is 5.84. The molecule has 24 heavy (non-hydrogen) atoms. The fourth-order valence-corrected chi connectivity index (χ4v) is 2.49. The Labute approximate surface area is 140 Å². The van der Waals surface area contributed by atoms with E-state index >= 15 is 0 Å². The normalized spacial score (nSPS) is 13.2. The number of pyridine rings is 1. The number of nitrogens with one attached hydrogen (secondary N) is 1. The lowest BCUT2D eigenvalue weighted by molar-refractivity contribution is -0.695. The highest BCUT2D eigenvalue weighted by atomic mass is 16.5. The van der Waals surface area contributed by atoms with E-state index in [1.54, 1.807) is 25.2 Å². The number of benzene rings is 1. The number of aromatic nitrogens is 1. The van der Waals surface area contributed by atoms with Crippen molar-refractivity contribution in [2.75, 3.05) is 23.9 Å². The fraction of sp³-hybridized carbons (Fsp3) is 0.278. The zero-order valence-electron chi connectivity index (χ0n) is 13.8. The topological polar surface area (TPSA) is 62.5 Å². The molecule has 0 saturated carbocycles. The average molecular weight is 326 g/mol. The number of hydrogen-bond donors (Lipinski definition) is 1. The van der Waals surface area contributed by atoms with E-state index in [4.69, 9.17) is 4.74 Å². The maximum atomic E-state index is 12.1. The molecule has 0 saturated heterocycles. The molecule has 1 aliphatic rings. The van der Waals surface area contributed by atoms with Crippen molar-refractivity contribution in [2.45, 2.75) is 19.9 Å². The fourth-order valence-electron chi connectivity index (χ4n) is 2.49. The highest BCUT2D eigenvalue weighted by Gasteiger charge is 2.22. The van der Waals surface area contributed by atoms with Crippen LogP contribution in [0.15, 0.2) is 42.7 Å². The summed E-state index contributed by atoms with van der Waals surface area (Å²) < 4.78 is 7.35. The number of amides is 2. The molecule has 2 heterocycles. The molecule has 6 heteroatoms.